The van der Waals surface area contributed by atoms with Gasteiger partial charge < -0.3 is 15.9 Å². The molecule has 0 fully saturated rings. The lowest BCUT2D eigenvalue weighted by atomic mass is 10.3. The van der Waals surface area contributed by atoms with E-state index in [4.69, 9.17) is 17.3 Å². The van der Waals surface area contributed by atoms with Crippen molar-refractivity contribution in [2.24, 2.45) is 5.73 Å². The molecule has 4 N–H and O–H groups in total. The molecule has 0 amide bonds. The van der Waals surface area contributed by atoms with Crippen LogP contribution in [0.3, 0.4) is 0 Å². The molecule has 0 radical (unpaired) electrons. The molecule has 10 heavy (non-hydrogen) atoms. The lowest BCUT2D eigenvalue weighted by molar-refractivity contribution is -0.141. The highest BCUT2D eigenvalue weighted by molar-refractivity contribution is 6.17. The van der Waals surface area contributed by atoms with E-state index in [-0.39, 0.29) is 17.5 Å². The fraction of sp³-hybridized carbons (Fsp3) is 0.800. The molecule has 0 aromatic rings. The van der Waals surface area contributed by atoms with Gasteiger partial charge in [-0.2, -0.15) is 0 Å². The van der Waals surface area contributed by atoms with Crippen LogP contribution < -0.4 is 5.73 Å². The minimum Gasteiger partial charge on any atom is -0.449 e. The SMILES string of the molecule is NCCCC(=O)OCCl.O. The predicted octanol–water partition coefficient (Wildman–Crippen LogP) is -0.360. The van der Waals surface area contributed by atoms with Gasteiger partial charge >= 0.3 is 5.97 Å². The van der Waals surface area contributed by atoms with Gasteiger partial charge in [-0.25, -0.2) is 0 Å². The van der Waals surface area contributed by atoms with Gasteiger partial charge in [-0.1, -0.05) is 11.6 Å². The van der Waals surface area contributed by atoms with Crippen molar-refractivity contribution in [3.8, 4) is 0 Å². The van der Waals surface area contributed by atoms with Crippen molar-refractivity contribution in [1.82, 2.24) is 0 Å². The summed E-state index contributed by atoms with van der Waals surface area (Å²) in [7, 11) is 0. The van der Waals surface area contributed by atoms with Gasteiger partial charge in [0, 0.05) is 6.42 Å². The standard InChI is InChI=1S/C5H10ClNO2.H2O/c6-4-9-5(8)2-1-3-7;/h1-4,7H2;1H2. The van der Waals surface area contributed by atoms with E-state index >= 15 is 0 Å². The van der Waals surface area contributed by atoms with E-state index in [2.05, 4.69) is 4.74 Å². The first kappa shape index (κ1) is 12.4. The molecule has 0 atom stereocenters. The zero-order valence-electron chi connectivity index (χ0n) is 5.60. The molecule has 0 heterocycles. The van der Waals surface area contributed by atoms with Gasteiger partial charge in [0.1, 0.15) is 0 Å². The summed E-state index contributed by atoms with van der Waals surface area (Å²) in [4.78, 5) is 10.4. The Labute approximate surface area is 64.6 Å². The molecule has 0 unspecified atom stereocenters. The summed E-state index contributed by atoms with van der Waals surface area (Å²) >= 11 is 5.10. The minimum atomic E-state index is -0.282. The lowest BCUT2D eigenvalue weighted by Gasteiger charge is -1.96. The molecular weight excluding hydrogens is 158 g/mol. The van der Waals surface area contributed by atoms with Crippen LogP contribution in [-0.2, 0) is 9.53 Å². The quantitative estimate of drug-likeness (QED) is 0.461. The smallest absolute Gasteiger partial charge is 0.307 e. The summed E-state index contributed by atoms with van der Waals surface area (Å²) < 4.78 is 4.41. The van der Waals surface area contributed by atoms with E-state index in [0.717, 1.165) is 0 Å². The molecule has 0 spiro atoms. The molecule has 0 aliphatic rings. The number of hydrogen-bond acceptors (Lipinski definition) is 3. The Hall–Kier alpha value is -0.320. The first-order valence-corrected chi connectivity index (χ1v) is 3.26. The topological polar surface area (TPSA) is 83.8 Å². The third-order valence-corrected chi connectivity index (χ3v) is 0.910. The Balaban J connectivity index is 0. The number of halogens is 1. The second-order valence-electron chi connectivity index (χ2n) is 1.52. The predicted molar refractivity (Wildman–Crippen MR) is 38.7 cm³/mol. The highest BCUT2D eigenvalue weighted by Crippen LogP contribution is 1.91. The van der Waals surface area contributed by atoms with Gasteiger partial charge in [0.15, 0.2) is 6.07 Å². The van der Waals surface area contributed by atoms with E-state index in [1.54, 1.807) is 0 Å². The van der Waals surface area contributed by atoms with Gasteiger partial charge in [-0.05, 0) is 13.0 Å². The molecule has 0 bridgehead atoms. The molecule has 62 valence electrons. The highest BCUT2D eigenvalue weighted by atomic mass is 35.5. The van der Waals surface area contributed by atoms with Gasteiger partial charge in [-0.15, -0.1) is 0 Å². The summed E-state index contributed by atoms with van der Waals surface area (Å²) in [6.07, 6.45) is 1.03. The number of esters is 1. The van der Waals surface area contributed by atoms with Crippen LogP contribution in [0, 0.1) is 0 Å². The fourth-order valence-corrected chi connectivity index (χ4v) is 0.501. The number of ether oxygens (including phenoxy) is 1. The van der Waals surface area contributed by atoms with Crippen LogP contribution in [0.2, 0.25) is 0 Å². The van der Waals surface area contributed by atoms with E-state index in [1.807, 2.05) is 0 Å². The molecule has 5 heteroatoms. The van der Waals surface area contributed by atoms with Crippen LogP contribution in [0.15, 0.2) is 0 Å². The van der Waals surface area contributed by atoms with Crippen LogP contribution in [0.4, 0.5) is 0 Å². The Morgan fingerprint density at radius 2 is 2.20 bits per heavy atom. The largest absolute Gasteiger partial charge is 0.449 e. The lowest BCUT2D eigenvalue weighted by Crippen LogP contribution is -2.06. The van der Waals surface area contributed by atoms with Crippen LogP contribution in [0.5, 0.6) is 0 Å². The highest BCUT2D eigenvalue weighted by Gasteiger charge is 1.98. The maximum Gasteiger partial charge on any atom is 0.307 e. The van der Waals surface area contributed by atoms with Crippen molar-refractivity contribution in [3.63, 3.8) is 0 Å². The number of hydrogen-bond donors (Lipinski definition) is 1. The monoisotopic (exact) mass is 169 g/mol. The van der Waals surface area contributed by atoms with Crippen LogP contribution in [-0.4, -0.2) is 24.1 Å². The average Bonchev–Trinajstić information content (AvgIpc) is 1.85. The first-order chi connectivity index (χ1) is 4.31. The first-order valence-electron chi connectivity index (χ1n) is 2.73. The molecule has 0 rings (SSSR count). The fourth-order valence-electron chi connectivity index (χ4n) is 0.379. The molecule has 4 nitrogen and oxygen atoms in total. The van der Waals surface area contributed by atoms with Gasteiger partial charge in [0.05, 0.1) is 0 Å². The third kappa shape index (κ3) is 7.68. The van der Waals surface area contributed by atoms with Crippen molar-refractivity contribution < 1.29 is 15.0 Å². The minimum absolute atomic E-state index is 0. The average molecular weight is 170 g/mol. The van der Waals surface area contributed by atoms with Crippen molar-refractivity contribution in [2.75, 3.05) is 12.6 Å². The maximum absolute atomic E-state index is 10.4. The number of carbonyl (C=O) groups is 1. The summed E-state index contributed by atoms with van der Waals surface area (Å²) in [6.45, 7) is 0.511. The van der Waals surface area contributed by atoms with Gasteiger partial charge in [0.25, 0.3) is 0 Å². The maximum atomic E-state index is 10.4. The number of alkyl halides is 1. The zero-order valence-corrected chi connectivity index (χ0v) is 6.36. The van der Waals surface area contributed by atoms with E-state index in [1.165, 1.54) is 0 Å². The number of nitrogens with two attached hydrogens (primary N) is 1. The molecule has 0 saturated heterocycles. The van der Waals surface area contributed by atoms with Gasteiger partial charge in [-0.3, -0.25) is 4.79 Å². The summed E-state index contributed by atoms with van der Waals surface area (Å²) in [5.74, 6) is -0.282. The molecule has 0 saturated carbocycles. The van der Waals surface area contributed by atoms with Crippen molar-refractivity contribution in [1.29, 1.82) is 0 Å². The van der Waals surface area contributed by atoms with Gasteiger partial charge in [0.2, 0.25) is 0 Å². The van der Waals surface area contributed by atoms with Crippen molar-refractivity contribution >= 4 is 17.6 Å². The molecule has 0 aromatic heterocycles. The van der Waals surface area contributed by atoms with Crippen LogP contribution >= 0.6 is 11.6 Å². The van der Waals surface area contributed by atoms with Crippen LogP contribution in [0.1, 0.15) is 12.8 Å². The Morgan fingerprint density at radius 3 is 2.60 bits per heavy atom. The van der Waals surface area contributed by atoms with E-state index < -0.39 is 0 Å². The second-order valence-corrected chi connectivity index (χ2v) is 1.74. The summed E-state index contributed by atoms with van der Waals surface area (Å²) in [5.41, 5.74) is 5.13. The molecule has 0 aromatic carbocycles. The Bertz CT molecular complexity index is 89.0. The third-order valence-electron chi connectivity index (χ3n) is 0.801. The normalized spacial score (nSPS) is 8.20. The summed E-state index contributed by atoms with van der Waals surface area (Å²) in [5, 5.41) is 0. The van der Waals surface area contributed by atoms with Crippen molar-refractivity contribution in [3.05, 3.63) is 0 Å². The summed E-state index contributed by atoms with van der Waals surface area (Å²) in [6, 6.07) is -0.0661. The molecular formula is C5H12ClNO3. The van der Waals surface area contributed by atoms with Crippen LogP contribution in [0.25, 0.3) is 0 Å². The molecule has 0 aliphatic carbocycles. The number of rotatable bonds is 4. The second kappa shape index (κ2) is 8.68. The zero-order chi connectivity index (χ0) is 7.11. The Morgan fingerprint density at radius 1 is 1.60 bits per heavy atom. The Kier molecular flexibility index (Phi) is 10.7. The van der Waals surface area contributed by atoms with Crippen molar-refractivity contribution in [2.45, 2.75) is 12.8 Å². The molecule has 0 aliphatic heterocycles. The number of carbonyl (C=O) groups excluding carboxylic acids is 1. The van der Waals surface area contributed by atoms with E-state index in [9.17, 15) is 4.79 Å². The van der Waals surface area contributed by atoms with E-state index in [0.29, 0.717) is 19.4 Å².